The van der Waals surface area contributed by atoms with Crippen molar-refractivity contribution in [3.63, 3.8) is 0 Å². The fourth-order valence-corrected chi connectivity index (χ4v) is 1.13. The van der Waals surface area contributed by atoms with Crippen LogP contribution >= 0.6 is 0 Å². The van der Waals surface area contributed by atoms with Crippen molar-refractivity contribution >= 4 is 11.9 Å². The van der Waals surface area contributed by atoms with Crippen molar-refractivity contribution in [3.05, 3.63) is 0 Å². The maximum atomic E-state index is 11.2. The molecule has 1 aliphatic heterocycles. The molecule has 0 aromatic carbocycles. The first-order valence-corrected chi connectivity index (χ1v) is 4.21. The second-order valence-electron chi connectivity index (χ2n) is 3.24. The molecule has 0 bridgehead atoms. The van der Waals surface area contributed by atoms with E-state index in [0.717, 1.165) is 0 Å². The molecule has 74 valence electrons. The van der Waals surface area contributed by atoms with E-state index in [-0.39, 0.29) is 18.4 Å². The van der Waals surface area contributed by atoms with Crippen molar-refractivity contribution in [2.24, 2.45) is 0 Å². The van der Waals surface area contributed by atoms with Gasteiger partial charge in [0.05, 0.1) is 13.2 Å². The molecule has 1 heterocycles. The van der Waals surface area contributed by atoms with Crippen molar-refractivity contribution in [2.45, 2.75) is 18.9 Å². The van der Waals surface area contributed by atoms with Gasteiger partial charge in [-0.05, 0) is 6.92 Å². The molecule has 2 N–H and O–H groups in total. The van der Waals surface area contributed by atoms with Crippen LogP contribution in [0.3, 0.4) is 0 Å². The Labute approximate surface area is 76.8 Å². The molecule has 0 spiro atoms. The Balaban J connectivity index is 2.43. The number of esters is 1. The molecule has 1 aliphatic rings. The first-order valence-electron chi connectivity index (χ1n) is 4.21. The summed E-state index contributed by atoms with van der Waals surface area (Å²) in [6.45, 7) is 2.31. The molecule has 1 saturated heterocycles. The zero-order chi connectivity index (χ0) is 9.90. The number of hydrogen-bond donors (Lipinski definition) is 2. The molecule has 0 radical (unpaired) electrons. The van der Waals surface area contributed by atoms with Gasteiger partial charge in [0, 0.05) is 13.5 Å². The predicted octanol–water partition coefficient (Wildman–Crippen LogP) is -0.972. The molecule has 0 aliphatic carbocycles. The van der Waals surface area contributed by atoms with Crippen LogP contribution in [-0.2, 0) is 14.3 Å². The van der Waals surface area contributed by atoms with E-state index in [2.05, 4.69) is 10.6 Å². The minimum absolute atomic E-state index is 0.138. The third-order valence-electron chi connectivity index (χ3n) is 2.20. The zero-order valence-corrected chi connectivity index (χ0v) is 7.85. The number of amides is 1. The lowest BCUT2D eigenvalue weighted by molar-refractivity contribution is -0.143. The van der Waals surface area contributed by atoms with Crippen LogP contribution in [0.4, 0.5) is 0 Å². The van der Waals surface area contributed by atoms with Gasteiger partial charge in [-0.1, -0.05) is 0 Å². The Morgan fingerprint density at radius 3 is 2.85 bits per heavy atom. The average Bonchev–Trinajstić information content (AvgIpc) is 2.44. The van der Waals surface area contributed by atoms with Crippen molar-refractivity contribution in [1.29, 1.82) is 0 Å². The van der Waals surface area contributed by atoms with E-state index in [1.54, 1.807) is 14.0 Å². The van der Waals surface area contributed by atoms with Gasteiger partial charge in [-0.15, -0.1) is 0 Å². The fourth-order valence-electron chi connectivity index (χ4n) is 1.13. The Morgan fingerprint density at radius 2 is 2.38 bits per heavy atom. The maximum Gasteiger partial charge on any atom is 0.326 e. The van der Waals surface area contributed by atoms with E-state index in [1.165, 1.54) is 0 Å². The monoisotopic (exact) mass is 186 g/mol. The van der Waals surface area contributed by atoms with Gasteiger partial charge in [-0.3, -0.25) is 14.9 Å². The van der Waals surface area contributed by atoms with Crippen LogP contribution < -0.4 is 10.6 Å². The first kappa shape index (κ1) is 9.98. The van der Waals surface area contributed by atoms with Crippen LogP contribution in [0.15, 0.2) is 0 Å². The molecule has 1 amide bonds. The van der Waals surface area contributed by atoms with E-state index >= 15 is 0 Å². The highest BCUT2D eigenvalue weighted by molar-refractivity contribution is 5.84. The van der Waals surface area contributed by atoms with Gasteiger partial charge in [0.2, 0.25) is 5.91 Å². The normalized spacial score (nSPS) is 27.1. The molecule has 0 saturated carbocycles. The Bertz CT molecular complexity index is 229. The summed E-state index contributed by atoms with van der Waals surface area (Å²) in [5.41, 5.74) is -0.688. The van der Waals surface area contributed by atoms with E-state index in [1.807, 2.05) is 0 Å². The predicted molar refractivity (Wildman–Crippen MR) is 46.1 cm³/mol. The van der Waals surface area contributed by atoms with Crippen LogP contribution in [0.2, 0.25) is 0 Å². The highest BCUT2D eigenvalue weighted by atomic mass is 16.5. The number of hydrogen-bond acceptors (Lipinski definition) is 4. The molecule has 1 unspecified atom stereocenters. The zero-order valence-electron chi connectivity index (χ0n) is 7.85. The van der Waals surface area contributed by atoms with Crippen LogP contribution in [0.25, 0.3) is 0 Å². The second-order valence-corrected chi connectivity index (χ2v) is 3.24. The smallest absolute Gasteiger partial charge is 0.326 e. The largest absolute Gasteiger partial charge is 0.464 e. The summed E-state index contributed by atoms with van der Waals surface area (Å²) in [6.07, 6.45) is 0.614. The van der Waals surface area contributed by atoms with Crippen LogP contribution in [-0.4, -0.2) is 37.6 Å². The summed E-state index contributed by atoms with van der Waals surface area (Å²) in [5.74, 6) is -0.419. The van der Waals surface area contributed by atoms with Gasteiger partial charge < -0.3 is 10.1 Å². The van der Waals surface area contributed by atoms with E-state index in [4.69, 9.17) is 4.74 Å². The summed E-state index contributed by atoms with van der Waals surface area (Å²) >= 11 is 0. The quantitative estimate of drug-likeness (QED) is 0.556. The lowest BCUT2D eigenvalue weighted by Crippen LogP contribution is -2.49. The molecular formula is C8H14N2O3. The van der Waals surface area contributed by atoms with Crippen molar-refractivity contribution in [1.82, 2.24) is 10.6 Å². The minimum atomic E-state index is -0.688. The lowest BCUT2D eigenvalue weighted by atomic mass is 10.0. The molecular weight excluding hydrogens is 172 g/mol. The highest BCUT2D eigenvalue weighted by Gasteiger charge is 2.39. The third-order valence-corrected chi connectivity index (χ3v) is 2.20. The van der Waals surface area contributed by atoms with Crippen LogP contribution in [0, 0.1) is 0 Å². The van der Waals surface area contributed by atoms with E-state index < -0.39 is 5.54 Å². The first-order chi connectivity index (χ1) is 6.08. The number of carbonyl (C=O) groups excluding carboxylic acids is 2. The summed E-state index contributed by atoms with van der Waals surface area (Å²) in [6, 6.07) is 0. The molecule has 5 heteroatoms. The Hall–Kier alpha value is -1.10. The highest BCUT2D eigenvalue weighted by Crippen LogP contribution is 2.18. The summed E-state index contributed by atoms with van der Waals surface area (Å²) in [5, 5.41) is 5.34. The minimum Gasteiger partial charge on any atom is -0.464 e. The van der Waals surface area contributed by atoms with Gasteiger partial charge in [0.1, 0.15) is 5.54 Å². The molecule has 0 aromatic heterocycles. The molecule has 1 fully saturated rings. The van der Waals surface area contributed by atoms with Gasteiger partial charge in [0.15, 0.2) is 0 Å². The maximum absolute atomic E-state index is 11.2. The molecule has 0 aromatic rings. The van der Waals surface area contributed by atoms with Gasteiger partial charge in [0.25, 0.3) is 0 Å². The molecule has 1 atom stereocenters. The summed E-state index contributed by atoms with van der Waals surface area (Å²) < 4.78 is 4.80. The third kappa shape index (κ3) is 2.18. The summed E-state index contributed by atoms with van der Waals surface area (Å²) in [4.78, 5) is 22.1. The van der Waals surface area contributed by atoms with E-state index in [9.17, 15) is 9.59 Å². The topological polar surface area (TPSA) is 67.4 Å². The number of likely N-dealkylation sites (N-methyl/N-ethyl adjacent to an activating group) is 1. The van der Waals surface area contributed by atoms with Gasteiger partial charge in [-0.2, -0.15) is 0 Å². The number of cyclic esters (lactones) is 1. The van der Waals surface area contributed by atoms with Crippen molar-refractivity contribution in [3.8, 4) is 0 Å². The van der Waals surface area contributed by atoms with E-state index in [0.29, 0.717) is 13.0 Å². The number of carbonyl (C=O) groups is 2. The molecule has 13 heavy (non-hydrogen) atoms. The Kier molecular flexibility index (Phi) is 2.87. The second kappa shape index (κ2) is 3.74. The SMILES string of the molecule is CNC(=O)CNC1(C)CCOC1=O. The molecule has 5 nitrogen and oxygen atoms in total. The lowest BCUT2D eigenvalue weighted by Gasteiger charge is -2.19. The Morgan fingerprint density at radius 1 is 1.69 bits per heavy atom. The average molecular weight is 186 g/mol. The van der Waals surface area contributed by atoms with Gasteiger partial charge >= 0.3 is 5.97 Å². The standard InChI is InChI=1S/C8H14N2O3/c1-8(3-4-13-7(8)12)10-5-6(11)9-2/h10H,3-5H2,1-2H3,(H,9,11). The van der Waals surface area contributed by atoms with Gasteiger partial charge in [-0.25, -0.2) is 0 Å². The van der Waals surface area contributed by atoms with Crippen molar-refractivity contribution in [2.75, 3.05) is 20.2 Å². The number of nitrogens with one attached hydrogen (secondary N) is 2. The summed E-state index contributed by atoms with van der Waals surface area (Å²) in [7, 11) is 1.55. The molecule has 1 rings (SSSR count). The van der Waals surface area contributed by atoms with Crippen LogP contribution in [0.5, 0.6) is 0 Å². The number of ether oxygens (including phenoxy) is 1. The fraction of sp³-hybridized carbons (Fsp3) is 0.750. The number of rotatable bonds is 3. The van der Waals surface area contributed by atoms with Crippen molar-refractivity contribution < 1.29 is 14.3 Å². The van der Waals surface area contributed by atoms with Crippen LogP contribution in [0.1, 0.15) is 13.3 Å².